The van der Waals surface area contributed by atoms with Crippen molar-refractivity contribution < 1.29 is 23.8 Å². The van der Waals surface area contributed by atoms with Crippen LogP contribution in [0.5, 0.6) is 0 Å². The Bertz CT molecular complexity index is 776. The number of ether oxygens (including phenoxy) is 1. The molecule has 1 aliphatic heterocycles. The van der Waals surface area contributed by atoms with E-state index >= 15 is 0 Å². The third kappa shape index (κ3) is 3.25. The summed E-state index contributed by atoms with van der Waals surface area (Å²) in [6.07, 6.45) is 0.288. The zero-order chi connectivity index (χ0) is 16.6. The summed E-state index contributed by atoms with van der Waals surface area (Å²) in [5, 5.41) is 12.7. The van der Waals surface area contributed by atoms with Gasteiger partial charge in [0, 0.05) is 12.0 Å². The van der Waals surface area contributed by atoms with E-state index in [9.17, 15) is 9.59 Å². The Morgan fingerprint density at radius 2 is 2.17 bits per heavy atom. The molecule has 1 aromatic carbocycles. The fourth-order valence-corrected chi connectivity index (χ4v) is 3.52. The number of hydrogen-bond donors (Lipinski definition) is 2. The van der Waals surface area contributed by atoms with Crippen LogP contribution in [0.15, 0.2) is 27.1 Å². The monoisotopic (exact) mass is 381 g/mol. The molecule has 1 aromatic heterocycles. The minimum atomic E-state index is -0.973. The number of fused-ring (bicyclic) bond motifs is 1. The fraction of sp³-hybridized carbons (Fsp3) is 0.375. The van der Waals surface area contributed by atoms with Gasteiger partial charge in [0.25, 0.3) is 5.91 Å². The molecule has 0 bridgehead atoms. The van der Waals surface area contributed by atoms with Gasteiger partial charge in [0.05, 0.1) is 23.0 Å². The maximum absolute atomic E-state index is 12.5. The molecule has 122 valence electrons. The second kappa shape index (κ2) is 5.98. The van der Waals surface area contributed by atoms with Gasteiger partial charge >= 0.3 is 5.97 Å². The molecule has 2 N–H and O–H groups in total. The van der Waals surface area contributed by atoms with E-state index < -0.39 is 17.4 Å². The molecule has 0 spiro atoms. The number of carboxylic acid groups (broad SMARTS) is 1. The van der Waals surface area contributed by atoms with Crippen molar-refractivity contribution in [3.05, 3.63) is 34.0 Å². The summed E-state index contributed by atoms with van der Waals surface area (Å²) in [5.41, 5.74) is 0.758. The Balaban J connectivity index is 1.88. The molecule has 6 nitrogen and oxygen atoms in total. The summed E-state index contributed by atoms with van der Waals surface area (Å²) >= 11 is 3.42. The van der Waals surface area contributed by atoms with Gasteiger partial charge in [0.15, 0.2) is 5.76 Å². The maximum atomic E-state index is 12.5. The Morgan fingerprint density at radius 3 is 2.83 bits per heavy atom. The Morgan fingerprint density at radius 1 is 1.39 bits per heavy atom. The number of carbonyl (C=O) groups excluding carboxylic acids is 1. The summed E-state index contributed by atoms with van der Waals surface area (Å²) < 4.78 is 11.7. The predicted molar refractivity (Wildman–Crippen MR) is 86.5 cm³/mol. The summed E-state index contributed by atoms with van der Waals surface area (Å²) in [6, 6.07) is 5.49. The molecule has 1 amide bonds. The highest BCUT2D eigenvalue weighted by Gasteiger charge is 2.39. The Labute approximate surface area is 140 Å². The molecular formula is C16H16BrNO5. The van der Waals surface area contributed by atoms with E-state index in [1.54, 1.807) is 6.07 Å². The normalized spacial score (nSPS) is 20.8. The van der Waals surface area contributed by atoms with Crippen LogP contribution >= 0.6 is 15.9 Å². The van der Waals surface area contributed by atoms with Crippen LogP contribution in [0.2, 0.25) is 0 Å². The highest BCUT2D eigenvalue weighted by atomic mass is 79.9. The lowest BCUT2D eigenvalue weighted by Crippen LogP contribution is -2.50. The predicted octanol–water partition coefficient (Wildman–Crippen LogP) is 2.87. The van der Waals surface area contributed by atoms with Crippen molar-refractivity contribution in [1.82, 2.24) is 5.32 Å². The highest BCUT2D eigenvalue weighted by molar-refractivity contribution is 9.10. The second-order valence-corrected chi connectivity index (χ2v) is 6.74. The van der Waals surface area contributed by atoms with Crippen LogP contribution in [0.3, 0.4) is 0 Å². The summed E-state index contributed by atoms with van der Waals surface area (Å²) in [6.45, 7) is 2.57. The van der Waals surface area contributed by atoms with Crippen LogP contribution in [0, 0.1) is 6.92 Å². The number of benzene rings is 1. The standard InChI is InChI=1S/C16H16BrNO5/c1-9-4-10-6-12(23-14(10)11(17)5-9)15(21)18-16(7-13(19)20)2-3-22-8-16/h4-6H,2-3,7-8H2,1H3,(H,18,21)(H,19,20). The van der Waals surface area contributed by atoms with Crippen LogP contribution in [-0.4, -0.2) is 35.7 Å². The lowest BCUT2D eigenvalue weighted by Gasteiger charge is -2.26. The number of hydrogen-bond acceptors (Lipinski definition) is 4. The van der Waals surface area contributed by atoms with E-state index in [0.29, 0.717) is 18.6 Å². The lowest BCUT2D eigenvalue weighted by molar-refractivity contribution is -0.138. The Kier molecular flexibility index (Phi) is 4.16. The molecule has 0 saturated carbocycles. The van der Waals surface area contributed by atoms with Crippen molar-refractivity contribution in [3.63, 3.8) is 0 Å². The van der Waals surface area contributed by atoms with Crippen LogP contribution < -0.4 is 5.32 Å². The Hall–Kier alpha value is -1.86. The number of carbonyl (C=O) groups is 2. The number of rotatable bonds is 4. The van der Waals surface area contributed by atoms with Crippen molar-refractivity contribution in [2.75, 3.05) is 13.2 Å². The highest BCUT2D eigenvalue weighted by Crippen LogP contribution is 2.30. The van der Waals surface area contributed by atoms with E-state index in [1.807, 2.05) is 19.1 Å². The van der Waals surface area contributed by atoms with Crippen molar-refractivity contribution in [3.8, 4) is 0 Å². The second-order valence-electron chi connectivity index (χ2n) is 5.88. The largest absolute Gasteiger partial charge is 0.481 e. The first-order valence-corrected chi connectivity index (χ1v) is 8.00. The lowest BCUT2D eigenvalue weighted by atomic mass is 9.94. The van der Waals surface area contributed by atoms with Crippen molar-refractivity contribution in [2.45, 2.75) is 25.3 Å². The number of carboxylic acids is 1. The van der Waals surface area contributed by atoms with Gasteiger partial charge in [0.2, 0.25) is 0 Å². The molecule has 2 aromatic rings. The van der Waals surface area contributed by atoms with E-state index in [2.05, 4.69) is 21.2 Å². The van der Waals surface area contributed by atoms with Crippen LogP contribution in [0.4, 0.5) is 0 Å². The van der Waals surface area contributed by atoms with E-state index in [0.717, 1.165) is 15.4 Å². The third-order valence-corrected chi connectivity index (χ3v) is 4.50. The third-order valence-electron chi connectivity index (χ3n) is 3.91. The maximum Gasteiger partial charge on any atom is 0.305 e. The van der Waals surface area contributed by atoms with Crippen molar-refractivity contribution in [1.29, 1.82) is 0 Å². The van der Waals surface area contributed by atoms with Crippen LogP contribution in [0.25, 0.3) is 11.0 Å². The number of furan rings is 1. The molecule has 1 fully saturated rings. The van der Waals surface area contributed by atoms with Crippen LogP contribution in [0.1, 0.15) is 29.0 Å². The summed E-state index contributed by atoms with van der Waals surface area (Å²) in [7, 11) is 0. The van der Waals surface area contributed by atoms with Gasteiger partial charge in [-0.2, -0.15) is 0 Å². The summed E-state index contributed by atoms with van der Waals surface area (Å²) in [5.74, 6) is -1.25. The zero-order valence-corrected chi connectivity index (χ0v) is 14.1. The number of aryl methyl sites for hydroxylation is 1. The minimum absolute atomic E-state index is 0.156. The average Bonchev–Trinajstić information content (AvgIpc) is 3.05. The average molecular weight is 382 g/mol. The molecule has 3 rings (SSSR count). The number of amides is 1. The molecule has 0 radical (unpaired) electrons. The molecular weight excluding hydrogens is 366 g/mol. The van der Waals surface area contributed by atoms with Gasteiger partial charge in [-0.25, -0.2) is 0 Å². The zero-order valence-electron chi connectivity index (χ0n) is 12.5. The first-order valence-electron chi connectivity index (χ1n) is 7.20. The van der Waals surface area contributed by atoms with Gasteiger partial charge in [-0.1, -0.05) is 0 Å². The quantitative estimate of drug-likeness (QED) is 0.849. The van der Waals surface area contributed by atoms with Crippen molar-refractivity contribution in [2.24, 2.45) is 0 Å². The number of nitrogens with one attached hydrogen (secondary N) is 1. The van der Waals surface area contributed by atoms with Gasteiger partial charge in [-0.3, -0.25) is 9.59 Å². The molecule has 2 heterocycles. The fourth-order valence-electron chi connectivity index (χ4n) is 2.84. The van der Waals surface area contributed by atoms with Crippen molar-refractivity contribution >= 4 is 38.8 Å². The summed E-state index contributed by atoms with van der Waals surface area (Å²) in [4.78, 5) is 23.5. The first kappa shape index (κ1) is 16.0. The van der Waals surface area contributed by atoms with Gasteiger partial charge in [-0.15, -0.1) is 0 Å². The van der Waals surface area contributed by atoms with Crippen LogP contribution in [-0.2, 0) is 9.53 Å². The molecule has 23 heavy (non-hydrogen) atoms. The van der Waals surface area contributed by atoms with E-state index in [4.69, 9.17) is 14.3 Å². The smallest absolute Gasteiger partial charge is 0.305 e. The van der Waals surface area contributed by atoms with Gasteiger partial charge < -0.3 is 19.6 Å². The van der Waals surface area contributed by atoms with Gasteiger partial charge in [-0.05, 0) is 53.0 Å². The van der Waals surface area contributed by atoms with E-state index in [-0.39, 0.29) is 18.8 Å². The number of aliphatic carboxylic acids is 1. The molecule has 7 heteroatoms. The molecule has 0 aliphatic carbocycles. The number of halogens is 1. The minimum Gasteiger partial charge on any atom is -0.481 e. The van der Waals surface area contributed by atoms with E-state index in [1.165, 1.54) is 0 Å². The van der Waals surface area contributed by atoms with Gasteiger partial charge in [0.1, 0.15) is 5.58 Å². The molecule has 1 unspecified atom stereocenters. The topological polar surface area (TPSA) is 88.8 Å². The molecule has 1 aliphatic rings. The molecule has 1 saturated heterocycles. The molecule has 1 atom stereocenters. The first-order chi connectivity index (χ1) is 10.9. The SMILES string of the molecule is Cc1cc(Br)c2oc(C(=O)NC3(CC(=O)O)CCOC3)cc2c1.